The van der Waals surface area contributed by atoms with Gasteiger partial charge in [0.1, 0.15) is 11.6 Å². The van der Waals surface area contributed by atoms with E-state index in [0.29, 0.717) is 29.7 Å². The molecule has 2 N–H and O–H groups in total. The molecule has 2 heterocycles. The van der Waals surface area contributed by atoms with Gasteiger partial charge in [-0.1, -0.05) is 17.7 Å². The van der Waals surface area contributed by atoms with E-state index in [1.807, 2.05) is 13.0 Å². The first kappa shape index (κ1) is 17.4. The number of rotatable bonds is 4. The maximum Gasteiger partial charge on any atom is 0.319 e. The average molecular weight is 362 g/mol. The fraction of sp³-hybridized carbons (Fsp3) is 0.353. The van der Waals surface area contributed by atoms with Crippen molar-refractivity contribution in [3.05, 3.63) is 46.9 Å². The van der Waals surface area contributed by atoms with Crippen molar-refractivity contribution in [2.24, 2.45) is 0 Å². The molecular weight excluding hydrogens is 342 g/mol. The van der Waals surface area contributed by atoms with E-state index in [-0.39, 0.29) is 12.6 Å². The molecule has 132 valence electrons. The van der Waals surface area contributed by atoms with Crippen LogP contribution < -0.4 is 15.5 Å². The Morgan fingerprint density at radius 2 is 2.08 bits per heavy atom. The third kappa shape index (κ3) is 5.04. The maximum atomic E-state index is 12.0. The second kappa shape index (κ2) is 8.13. The molecule has 1 aliphatic heterocycles. The molecule has 0 radical (unpaired) electrons. The van der Waals surface area contributed by atoms with Gasteiger partial charge in [0.05, 0.1) is 19.8 Å². The number of aryl methyl sites for hydroxylation is 1. The molecule has 1 aromatic heterocycles. The van der Waals surface area contributed by atoms with Crippen LogP contribution >= 0.6 is 11.6 Å². The Hall–Kier alpha value is -2.38. The molecule has 8 heteroatoms. The summed E-state index contributed by atoms with van der Waals surface area (Å²) in [4.78, 5) is 23.1. The van der Waals surface area contributed by atoms with E-state index >= 15 is 0 Å². The van der Waals surface area contributed by atoms with Crippen LogP contribution in [-0.2, 0) is 11.3 Å². The Labute approximate surface area is 151 Å². The van der Waals surface area contributed by atoms with E-state index in [9.17, 15) is 4.79 Å². The number of hydrogen-bond acceptors (Lipinski definition) is 5. The molecule has 0 atom stereocenters. The molecule has 0 saturated carbocycles. The Morgan fingerprint density at radius 3 is 2.84 bits per heavy atom. The molecule has 2 aromatic rings. The van der Waals surface area contributed by atoms with Crippen LogP contribution in [0.3, 0.4) is 0 Å². The van der Waals surface area contributed by atoms with Crippen LogP contribution in [0, 0.1) is 6.92 Å². The van der Waals surface area contributed by atoms with Gasteiger partial charge in [-0.2, -0.15) is 0 Å². The van der Waals surface area contributed by atoms with E-state index in [2.05, 4.69) is 25.5 Å². The van der Waals surface area contributed by atoms with Crippen LogP contribution in [0.15, 0.2) is 30.3 Å². The zero-order valence-corrected chi connectivity index (χ0v) is 14.7. The summed E-state index contributed by atoms with van der Waals surface area (Å²) in [6.07, 6.45) is 0. The predicted octanol–water partition coefficient (Wildman–Crippen LogP) is 2.60. The van der Waals surface area contributed by atoms with Gasteiger partial charge in [-0.25, -0.2) is 14.8 Å². The largest absolute Gasteiger partial charge is 0.378 e. The second-order valence-corrected chi connectivity index (χ2v) is 6.14. The fourth-order valence-corrected chi connectivity index (χ4v) is 2.74. The number of carbonyl (C=O) groups excluding carboxylic acids is 1. The lowest BCUT2D eigenvalue weighted by atomic mass is 10.3. The van der Waals surface area contributed by atoms with Gasteiger partial charge in [-0.15, -0.1) is 0 Å². The van der Waals surface area contributed by atoms with Gasteiger partial charge < -0.3 is 20.3 Å². The topological polar surface area (TPSA) is 79.4 Å². The zero-order chi connectivity index (χ0) is 17.6. The number of carbonyl (C=O) groups is 1. The highest BCUT2D eigenvalue weighted by Gasteiger charge is 2.14. The number of amides is 2. The molecule has 1 aromatic carbocycles. The van der Waals surface area contributed by atoms with Crippen LogP contribution in [0.4, 0.5) is 16.3 Å². The second-order valence-electron chi connectivity index (χ2n) is 5.70. The number of nitrogens with zero attached hydrogens (tertiary/aromatic N) is 3. The van der Waals surface area contributed by atoms with E-state index in [1.54, 1.807) is 24.3 Å². The van der Waals surface area contributed by atoms with Gasteiger partial charge >= 0.3 is 6.03 Å². The molecule has 3 rings (SSSR count). The van der Waals surface area contributed by atoms with E-state index in [0.717, 1.165) is 24.6 Å². The van der Waals surface area contributed by atoms with Crippen LogP contribution in [0.1, 0.15) is 11.5 Å². The summed E-state index contributed by atoms with van der Waals surface area (Å²) in [6, 6.07) is 8.59. The van der Waals surface area contributed by atoms with Gasteiger partial charge in [0, 0.05) is 35.6 Å². The first-order valence-corrected chi connectivity index (χ1v) is 8.45. The fourth-order valence-electron chi connectivity index (χ4n) is 2.55. The van der Waals surface area contributed by atoms with Crippen molar-refractivity contribution >= 4 is 29.1 Å². The Kier molecular flexibility index (Phi) is 5.67. The molecule has 0 bridgehead atoms. The van der Waals surface area contributed by atoms with Gasteiger partial charge in [-0.3, -0.25) is 0 Å². The van der Waals surface area contributed by atoms with Gasteiger partial charge in [0.25, 0.3) is 0 Å². The number of halogens is 1. The van der Waals surface area contributed by atoms with Crippen LogP contribution in [0.25, 0.3) is 0 Å². The van der Waals surface area contributed by atoms with Crippen molar-refractivity contribution in [2.75, 3.05) is 36.5 Å². The van der Waals surface area contributed by atoms with Crippen molar-refractivity contribution < 1.29 is 9.53 Å². The predicted molar refractivity (Wildman–Crippen MR) is 97.1 cm³/mol. The minimum atomic E-state index is -0.333. The molecule has 0 aliphatic carbocycles. The first-order chi connectivity index (χ1) is 12.1. The highest BCUT2D eigenvalue weighted by molar-refractivity contribution is 6.30. The third-order valence-corrected chi connectivity index (χ3v) is 3.95. The number of nitrogens with one attached hydrogen (secondary N) is 2. The van der Waals surface area contributed by atoms with Crippen molar-refractivity contribution in [3.8, 4) is 0 Å². The van der Waals surface area contributed by atoms with Crippen LogP contribution in [0.2, 0.25) is 5.02 Å². The summed E-state index contributed by atoms with van der Waals surface area (Å²) >= 11 is 5.90. The van der Waals surface area contributed by atoms with Gasteiger partial charge in [0.2, 0.25) is 0 Å². The summed E-state index contributed by atoms with van der Waals surface area (Å²) in [6.45, 7) is 5.15. The molecule has 0 spiro atoms. The minimum Gasteiger partial charge on any atom is -0.378 e. The molecule has 2 amide bonds. The normalized spacial score (nSPS) is 14.2. The zero-order valence-electron chi connectivity index (χ0n) is 14.0. The maximum absolute atomic E-state index is 12.0. The molecule has 0 unspecified atom stereocenters. The summed E-state index contributed by atoms with van der Waals surface area (Å²) in [7, 11) is 0. The molecule has 25 heavy (non-hydrogen) atoms. The lowest BCUT2D eigenvalue weighted by Crippen LogP contribution is -2.37. The molecule has 1 saturated heterocycles. The van der Waals surface area contributed by atoms with Gasteiger partial charge in [0.15, 0.2) is 0 Å². The molecule has 1 fully saturated rings. The van der Waals surface area contributed by atoms with Crippen molar-refractivity contribution in [2.45, 2.75) is 13.5 Å². The average Bonchev–Trinajstić information content (AvgIpc) is 2.60. The quantitative estimate of drug-likeness (QED) is 0.875. The Morgan fingerprint density at radius 1 is 1.28 bits per heavy atom. The van der Waals surface area contributed by atoms with E-state index in [1.165, 1.54) is 0 Å². The lowest BCUT2D eigenvalue weighted by molar-refractivity contribution is 0.122. The number of aromatic nitrogens is 2. The monoisotopic (exact) mass is 361 g/mol. The van der Waals surface area contributed by atoms with Crippen molar-refractivity contribution in [3.63, 3.8) is 0 Å². The number of anilines is 2. The third-order valence-electron chi connectivity index (χ3n) is 3.71. The van der Waals surface area contributed by atoms with Crippen LogP contribution in [0.5, 0.6) is 0 Å². The SMILES string of the molecule is Cc1cc(N2CCOCC2)nc(CNC(=O)Nc2cccc(Cl)c2)n1. The van der Waals surface area contributed by atoms with Crippen molar-refractivity contribution in [1.82, 2.24) is 15.3 Å². The summed E-state index contributed by atoms with van der Waals surface area (Å²) in [5, 5.41) is 6.06. The summed E-state index contributed by atoms with van der Waals surface area (Å²) < 4.78 is 5.37. The number of hydrogen-bond donors (Lipinski definition) is 2. The van der Waals surface area contributed by atoms with Crippen LogP contribution in [-0.4, -0.2) is 42.3 Å². The summed E-state index contributed by atoms with van der Waals surface area (Å²) in [5.41, 5.74) is 1.49. The highest BCUT2D eigenvalue weighted by Crippen LogP contribution is 2.15. The number of ether oxygens (including phenoxy) is 1. The smallest absolute Gasteiger partial charge is 0.319 e. The van der Waals surface area contributed by atoms with Gasteiger partial charge in [-0.05, 0) is 25.1 Å². The van der Waals surface area contributed by atoms with E-state index in [4.69, 9.17) is 16.3 Å². The minimum absolute atomic E-state index is 0.241. The molecule has 7 nitrogen and oxygen atoms in total. The molecule has 1 aliphatic rings. The first-order valence-electron chi connectivity index (χ1n) is 8.08. The number of benzene rings is 1. The Bertz CT molecular complexity index is 750. The standard InChI is InChI=1S/C17H20ClN5O2/c1-12-9-16(23-5-7-25-8-6-23)22-15(20-12)11-19-17(24)21-14-4-2-3-13(18)10-14/h2-4,9-10H,5-8,11H2,1H3,(H2,19,21,24). The number of urea groups is 1. The lowest BCUT2D eigenvalue weighted by Gasteiger charge is -2.28. The van der Waals surface area contributed by atoms with E-state index < -0.39 is 0 Å². The summed E-state index contributed by atoms with van der Waals surface area (Å²) in [5.74, 6) is 1.44. The molecular formula is C17H20ClN5O2. The van der Waals surface area contributed by atoms with Crippen molar-refractivity contribution in [1.29, 1.82) is 0 Å². The number of morpholine rings is 1. The highest BCUT2D eigenvalue weighted by atomic mass is 35.5. The Balaban J connectivity index is 1.60.